The highest BCUT2D eigenvalue weighted by Gasteiger charge is 2.36. The number of allylic oxidation sites excluding steroid dienone is 2. The molecule has 0 bridgehead atoms. The standard InChI is InChI=1S/C18H20N6O5/c1-10-14(17(19)25)15(11-5-7-12(8-6-11)24(28)29)16(18(26)27)13(22-10)4-2-3-9-21-23-20/h5-8,15,22H,2-4,9H2,1H3,(H2,19,25)(H,26,27). The van der Waals surface area contributed by atoms with E-state index in [4.69, 9.17) is 11.3 Å². The zero-order chi connectivity index (χ0) is 21.6. The third kappa shape index (κ3) is 4.90. The molecule has 0 spiro atoms. The highest BCUT2D eigenvalue weighted by Crippen LogP contribution is 2.39. The Morgan fingerprint density at radius 3 is 2.48 bits per heavy atom. The predicted molar refractivity (Wildman–Crippen MR) is 103 cm³/mol. The third-order valence-corrected chi connectivity index (χ3v) is 4.58. The van der Waals surface area contributed by atoms with Gasteiger partial charge in [0.05, 0.1) is 16.4 Å². The number of carbonyl (C=O) groups excluding carboxylic acids is 1. The van der Waals surface area contributed by atoms with Crippen molar-refractivity contribution in [3.8, 4) is 0 Å². The smallest absolute Gasteiger partial charge is 0.334 e. The van der Waals surface area contributed by atoms with E-state index < -0.39 is 22.7 Å². The van der Waals surface area contributed by atoms with Crippen LogP contribution in [0.1, 0.15) is 37.7 Å². The fraction of sp³-hybridized carbons (Fsp3) is 0.333. The van der Waals surface area contributed by atoms with Gasteiger partial charge in [0, 0.05) is 40.6 Å². The number of benzene rings is 1. The van der Waals surface area contributed by atoms with Crippen molar-refractivity contribution in [2.75, 3.05) is 6.54 Å². The summed E-state index contributed by atoms with van der Waals surface area (Å²) in [6.45, 7) is 1.91. The van der Waals surface area contributed by atoms with Crippen LogP contribution in [0.2, 0.25) is 0 Å². The molecule has 152 valence electrons. The van der Waals surface area contributed by atoms with E-state index in [1.54, 1.807) is 6.92 Å². The summed E-state index contributed by atoms with van der Waals surface area (Å²) in [4.78, 5) is 37.2. The van der Waals surface area contributed by atoms with Crippen molar-refractivity contribution >= 4 is 17.6 Å². The molecule has 1 aliphatic heterocycles. The SMILES string of the molecule is CC1=C(C(N)=O)C(c2ccc([N+](=O)[O-])cc2)C(C(=O)O)=C(CCCCN=[N+]=[N-])N1. The number of carbonyl (C=O) groups is 2. The van der Waals surface area contributed by atoms with Crippen molar-refractivity contribution < 1.29 is 19.6 Å². The molecule has 0 radical (unpaired) electrons. The van der Waals surface area contributed by atoms with Gasteiger partial charge in [0.2, 0.25) is 5.91 Å². The van der Waals surface area contributed by atoms with E-state index in [9.17, 15) is 24.8 Å². The molecule has 1 aromatic carbocycles. The summed E-state index contributed by atoms with van der Waals surface area (Å²) >= 11 is 0. The second-order valence-electron chi connectivity index (χ2n) is 6.42. The van der Waals surface area contributed by atoms with Crippen molar-refractivity contribution in [3.63, 3.8) is 0 Å². The Hall–Kier alpha value is -3.85. The number of nitro benzene ring substituents is 1. The molecule has 1 aliphatic rings. The Balaban J connectivity index is 2.50. The van der Waals surface area contributed by atoms with Crippen LogP contribution < -0.4 is 11.1 Å². The first-order valence-corrected chi connectivity index (χ1v) is 8.77. The minimum Gasteiger partial charge on any atom is -0.478 e. The van der Waals surface area contributed by atoms with Crippen LogP contribution in [0.4, 0.5) is 5.69 Å². The van der Waals surface area contributed by atoms with Crippen LogP contribution >= 0.6 is 0 Å². The molecule has 1 unspecified atom stereocenters. The van der Waals surface area contributed by atoms with Crippen LogP contribution in [0.25, 0.3) is 10.4 Å². The second kappa shape index (κ2) is 9.38. The summed E-state index contributed by atoms with van der Waals surface area (Å²) in [5.74, 6) is -2.96. The third-order valence-electron chi connectivity index (χ3n) is 4.58. The van der Waals surface area contributed by atoms with E-state index in [0.717, 1.165) is 0 Å². The lowest BCUT2D eigenvalue weighted by Gasteiger charge is -2.30. The molecule has 1 aromatic rings. The summed E-state index contributed by atoms with van der Waals surface area (Å²) in [6, 6.07) is 5.35. The highest BCUT2D eigenvalue weighted by molar-refractivity contribution is 6.00. The number of hydrogen-bond acceptors (Lipinski definition) is 6. The van der Waals surface area contributed by atoms with Gasteiger partial charge in [-0.1, -0.05) is 17.2 Å². The van der Waals surface area contributed by atoms with Crippen LogP contribution in [0.3, 0.4) is 0 Å². The van der Waals surface area contributed by atoms with Crippen molar-refractivity contribution in [2.45, 2.75) is 32.1 Å². The Morgan fingerprint density at radius 2 is 1.97 bits per heavy atom. The maximum Gasteiger partial charge on any atom is 0.334 e. The molecule has 0 fully saturated rings. The first-order valence-electron chi connectivity index (χ1n) is 8.77. The molecule has 0 aromatic heterocycles. The zero-order valence-corrected chi connectivity index (χ0v) is 15.7. The number of carboxylic acid groups (broad SMARTS) is 1. The average Bonchev–Trinajstić information content (AvgIpc) is 2.66. The predicted octanol–water partition coefficient (Wildman–Crippen LogP) is 2.86. The van der Waals surface area contributed by atoms with E-state index in [1.807, 2.05) is 0 Å². The Kier molecular flexibility index (Phi) is 6.94. The molecule has 1 heterocycles. The lowest BCUT2D eigenvalue weighted by Crippen LogP contribution is -2.34. The minimum atomic E-state index is -1.22. The first-order chi connectivity index (χ1) is 13.8. The molecule has 29 heavy (non-hydrogen) atoms. The van der Waals surface area contributed by atoms with Crippen LogP contribution in [0, 0.1) is 10.1 Å². The van der Waals surface area contributed by atoms with Gasteiger partial charge in [-0.3, -0.25) is 14.9 Å². The number of amides is 1. The summed E-state index contributed by atoms with van der Waals surface area (Å²) in [5, 5.41) is 27.2. The molecule has 11 nitrogen and oxygen atoms in total. The van der Waals surface area contributed by atoms with Gasteiger partial charge in [-0.2, -0.15) is 0 Å². The summed E-state index contributed by atoms with van der Waals surface area (Å²) < 4.78 is 0. The Morgan fingerprint density at radius 1 is 1.31 bits per heavy atom. The van der Waals surface area contributed by atoms with E-state index in [-0.39, 0.29) is 16.8 Å². The molecule has 0 aliphatic carbocycles. The molecular formula is C18H20N6O5. The number of azide groups is 1. The maximum atomic E-state index is 12.1. The van der Waals surface area contributed by atoms with Crippen LogP contribution in [-0.4, -0.2) is 28.5 Å². The van der Waals surface area contributed by atoms with Crippen molar-refractivity contribution in [2.24, 2.45) is 10.8 Å². The molecule has 11 heteroatoms. The quantitative estimate of drug-likeness (QED) is 0.143. The molecule has 2 rings (SSSR count). The number of hydrogen-bond donors (Lipinski definition) is 3. The topological polar surface area (TPSA) is 184 Å². The molecule has 1 atom stereocenters. The highest BCUT2D eigenvalue weighted by atomic mass is 16.6. The number of dihydropyridines is 1. The normalized spacial score (nSPS) is 16.1. The van der Waals surface area contributed by atoms with E-state index in [1.165, 1.54) is 24.3 Å². The van der Waals surface area contributed by atoms with Crippen LogP contribution in [0.5, 0.6) is 0 Å². The summed E-state index contributed by atoms with van der Waals surface area (Å²) in [6.07, 6.45) is 1.48. The molecule has 0 saturated heterocycles. The van der Waals surface area contributed by atoms with Gasteiger partial charge in [0.25, 0.3) is 5.69 Å². The second-order valence-corrected chi connectivity index (χ2v) is 6.42. The number of rotatable bonds is 9. The van der Waals surface area contributed by atoms with Gasteiger partial charge in [0.15, 0.2) is 0 Å². The number of carboxylic acids is 1. The lowest BCUT2D eigenvalue weighted by atomic mass is 9.79. The fourth-order valence-corrected chi connectivity index (χ4v) is 3.32. The molecular weight excluding hydrogens is 380 g/mol. The van der Waals surface area contributed by atoms with Gasteiger partial charge in [-0.25, -0.2) is 4.79 Å². The van der Waals surface area contributed by atoms with Crippen molar-refractivity contribution in [1.82, 2.24) is 5.32 Å². The number of nitrogens with two attached hydrogens (primary N) is 1. The van der Waals surface area contributed by atoms with E-state index >= 15 is 0 Å². The van der Waals surface area contributed by atoms with E-state index in [2.05, 4.69) is 15.3 Å². The lowest BCUT2D eigenvalue weighted by molar-refractivity contribution is -0.384. The van der Waals surface area contributed by atoms with Gasteiger partial charge in [-0.15, -0.1) is 0 Å². The average molecular weight is 400 g/mol. The minimum absolute atomic E-state index is 0.0398. The molecule has 0 saturated carbocycles. The van der Waals surface area contributed by atoms with Crippen molar-refractivity contribution in [1.29, 1.82) is 0 Å². The molecule has 1 amide bonds. The Labute approximate surface area is 165 Å². The summed E-state index contributed by atoms with van der Waals surface area (Å²) in [7, 11) is 0. The van der Waals surface area contributed by atoms with Crippen LogP contribution in [-0.2, 0) is 9.59 Å². The van der Waals surface area contributed by atoms with E-state index in [0.29, 0.717) is 42.8 Å². The number of nitro groups is 1. The van der Waals surface area contributed by atoms with Gasteiger partial charge < -0.3 is 16.2 Å². The first kappa shape index (κ1) is 21.5. The van der Waals surface area contributed by atoms with Gasteiger partial charge in [-0.05, 0) is 37.3 Å². The zero-order valence-electron chi connectivity index (χ0n) is 15.7. The number of unbranched alkanes of at least 4 members (excludes halogenated alkanes) is 1. The number of nitrogens with zero attached hydrogens (tertiary/aromatic N) is 4. The number of nitrogens with one attached hydrogen (secondary N) is 1. The Bertz CT molecular complexity index is 944. The monoisotopic (exact) mass is 400 g/mol. The van der Waals surface area contributed by atoms with Crippen molar-refractivity contribution in [3.05, 3.63) is 72.9 Å². The van der Waals surface area contributed by atoms with Gasteiger partial charge >= 0.3 is 5.97 Å². The van der Waals surface area contributed by atoms with Crippen LogP contribution in [0.15, 0.2) is 51.9 Å². The molecule has 4 N–H and O–H groups in total. The summed E-state index contributed by atoms with van der Waals surface area (Å²) in [5.41, 5.74) is 15.0. The maximum absolute atomic E-state index is 12.1. The van der Waals surface area contributed by atoms with Gasteiger partial charge in [0.1, 0.15) is 0 Å². The largest absolute Gasteiger partial charge is 0.478 e. The number of non-ortho nitro benzene ring substituents is 1. The number of primary amides is 1. The fourth-order valence-electron chi connectivity index (χ4n) is 3.32. The number of aliphatic carboxylic acids is 1.